The Hall–Kier alpha value is -0.450. The predicted octanol–water partition coefficient (Wildman–Crippen LogP) is 2.87. The van der Waals surface area contributed by atoms with Crippen molar-refractivity contribution >= 4 is 11.3 Å². The minimum Gasteiger partial charge on any atom is -0.310 e. The number of aromatic nitrogens is 1. The van der Waals surface area contributed by atoms with E-state index in [0.717, 1.165) is 13.1 Å². The first-order valence-corrected chi connectivity index (χ1v) is 7.28. The lowest BCUT2D eigenvalue weighted by molar-refractivity contribution is 0.190. The van der Waals surface area contributed by atoms with Gasteiger partial charge in [0.05, 0.1) is 5.01 Å². The summed E-state index contributed by atoms with van der Waals surface area (Å²) in [6.45, 7) is 13.0. The summed E-state index contributed by atoms with van der Waals surface area (Å²) in [4.78, 5) is 8.06. The molecule has 0 saturated carbocycles. The van der Waals surface area contributed by atoms with E-state index in [-0.39, 0.29) is 11.0 Å². The van der Waals surface area contributed by atoms with Crippen LogP contribution in [-0.4, -0.2) is 36.1 Å². The summed E-state index contributed by atoms with van der Waals surface area (Å²) < 4.78 is 0. The third-order valence-corrected chi connectivity index (χ3v) is 4.69. The SMILES string of the molecule is CN(C)C(C)(C)CNCc1cnc(C(C)(C)C)s1. The fourth-order valence-corrected chi connectivity index (χ4v) is 2.33. The van der Waals surface area contributed by atoms with Gasteiger partial charge in [0.25, 0.3) is 0 Å². The van der Waals surface area contributed by atoms with Crippen LogP contribution in [0.3, 0.4) is 0 Å². The van der Waals surface area contributed by atoms with E-state index >= 15 is 0 Å². The van der Waals surface area contributed by atoms with Crippen LogP contribution in [0.4, 0.5) is 0 Å². The number of nitrogens with zero attached hydrogens (tertiary/aromatic N) is 2. The molecule has 1 heterocycles. The lowest BCUT2D eigenvalue weighted by Gasteiger charge is -2.32. The maximum atomic E-state index is 4.51. The average Bonchev–Trinajstić information content (AvgIpc) is 2.65. The summed E-state index contributed by atoms with van der Waals surface area (Å²) in [5, 5.41) is 4.73. The largest absolute Gasteiger partial charge is 0.310 e. The molecule has 0 aromatic carbocycles. The summed E-state index contributed by atoms with van der Waals surface area (Å²) in [5.74, 6) is 0. The molecule has 104 valence electrons. The molecular weight excluding hydrogens is 242 g/mol. The van der Waals surface area contributed by atoms with Gasteiger partial charge in [-0.1, -0.05) is 20.8 Å². The van der Waals surface area contributed by atoms with Crippen molar-refractivity contribution in [1.82, 2.24) is 15.2 Å². The molecule has 0 unspecified atom stereocenters. The van der Waals surface area contributed by atoms with Crippen molar-refractivity contribution in [1.29, 1.82) is 0 Å². The molecule has 0 amide bonds. The second-order valence-electron chi connectivity index (χ2n) is 6.69. The number of thiazole rings is 1. The molecule has 1 aromatic rings. The normalized spacial score (nSPS) is 13.3. The lowest BCUT2D eigenvalue weighted by atomic mass is 9.98. The Kier molecular flexibility index (Phi) is 4.92. The van der Waals surface area contributed by atoms with Crippen molar-refractivity contribution in [3.05, 3.63) is 16.1 Å². The molecule has 3 nitrogen and oxygen atoms in total. The van der Waals surface area contributed by atoms with Gasteiger partial charge < -0.3 is 10.2 Å². The van der Waals surface area contributed by atoms with Crippen LogP contribution in [0, 0.1) is 0 Å². The highest BCUT2D eigenvalue weighted by molar-refractivity contribution is 7.11. The highest BCUT2D eigenvalue weighted by Crippen LogP contribution is 2.26. The number of rotatable bonds is 5. The monoisotopic (exact) mass is 269 g/mol. The first-order chi connectivity index (χ1) is 8.13. The molecule has 0 atom stereocenters. The fourth-order valence-electron chi connectivity index (χ4n) is 1.39. The van der Waals surface area contributed by atoms with E-state index in [0.29, 0.717) is 0 Å². The van der Waals surface area contributed by atoms with Crippen molar-refractivity contribution in [2.45, 2.75) is 52.1 Å². The van der Waals surface area contributed by atoms with Crippen LogP contribution in [0.1, 0.15) is 44.5 Å². The maximum Gasteiger partial charge on any atom is 0.0981 e. The van der Waals surface area contributed by atoms with E-state index in [1.54, 1.807) is 0 Å². The second-order valence-corrected chi connectivity index (χ2v) is 7.81. The minimum atomic E-state index is 0.159. The number of hydrogen-bond acceptors (Lipinski definition) is 4. The van der Waals surface area contributed by atoms with E-state index in [4.69, 9.17) is 0 Å². The van der Waals surface area contributed by atoms with Crippen molar-refractivity contribution in [2.24, 2.45) is 0 Å². The van der Waals surface area contributed by atoms with Gasteiger partial charge in [-0.15, -0.1) is 11.3 Å². The lowest BCUT2D eigenvalue weighted by Crippen LogP contribution is -2.46. The Bertz CT molecular complexity index is 375. The summed E-state index contributed by atoms with van der Waals surface area (Å²) in [7, 11) is 4.23. The molecule has 0 spiro atoms. The Morgan fingerprint density at radius 2 is 1.83 bits per heavy atom. The van der Waals surface area contributed by atoms with Crippen molar-refractivity contribution < 1.29 is 0 Å². The van der Waals surface area contributed by atoms with Crippen LogP contribution in [-0.2, 0) is 12.0 Å². The summed E-state index contributed by atoms with van der Waals surface area (Å²) in [6.07, 6.45) is 2.00. The first-order valence-electron chi connectivity index (χ1n) is 6.46. The van der Waals surface area contributed by atoms with Gasteiger partial charge in [-0.25, -0.2) is 4.98 Å². The Labute approximate surface area is 116 Å². The molecule has 0 radical (unpaired) electrons. The third-order valence-electron chi connectivity index (χ3n) is 3.26. The van der Waals surface area contributed by atoms with Gasteiger partial charge in [-0.05, 0) is 27.9 Å². The molecule has 4 heteroatoms. The second kappa shape index (κ2) is 5.68. The number of nitrogens with one attached hydrogen (secondary N) is 1. The highest BCUT2D eigenvalue weighted by Gasteiger charge is 2.20. The van der Waals surface area contributed by atoms with Crippen LogP contribution >= 0.6 is 11.3 Å². The molecule has 0 saturated heterocycles. The molecule has 18 heavy (non-hydrogen) atoms. The first kappa shape index (κ1) is 15.6. The smallest absolute Gasteiger partial charge is 0.0981 e. The Morgan fingerprint density at radius 1 is 1.22 bits per heavy atom. The molecular formula is C14H27N3S. The third kappa shape index (κ3) is 4.34. The average molecular weight is 269 g/mol. The van der Waals surface area contributed by atoms with Gasteiger partial charge in [-0.2, -0.15) is 0 Å². The zero-order valence-corrected chi connectivity index (χ0v) is 13.6. The van der Waals surface area contributed by atoms with Crippen LogP contribution in [0.2, 0.25) is 0 Å². The Balaban J connectivity index is 2.48. The number of hydrogen-bond donors (Lipinski definition) is 1. The highest BCUT2D eigenvalue weighted by atomic mass is 32.1. The van der Waals surface area contributed by atoms with Gasteiger partial charge in [0, 0.05) is 35.1 Å². The van der Waals surface area contributed by atoms with Gasteiger partial charge >= 0.3 is 0 Å². The molecule has 0 aliphatic rings. The van der Waals surface area contributed by atoms with Crippen LogP contribution in [0.5, 0.6) is 0 Å². The predicted molar refractivity (Wildman–Crippen MR) is 80.3 cm³/mol. The van der Waals surface area contributed by atoms with Crippen molar-refractivity contribution in [3.63, 3.8) is 0 Å². The molecule has 0 bridgehead atoms. The van der Waals surface area contributed by atoms with E-state index < -0.39 is 0 Å². The maximum absolute atomic E-state index is 4.51. The minimum absolute atomic E-state index is 0.159. The fraction of sp³-hybridized carbons (Fsp3) is 0.786. The van der Waals surface area contributed by atoms with E-state index in [2.05, 4.69) is 63.9 Å². The topological polar surface area (TPSA) is 28.2 Å². The van der Waals surface area contributed by atoms with Crippen LogP contribution in [0.15, 0.2) is 6.20 Å². The van der Waals surface area contributed by atoms with E-state index in [9.17, 15) is 0 Å². The summed E-state index contributed by atoms with van der Waals surface area (Å²) in [5.41, 5.74) is 0.337. The molecule has 1 rings (SSSR count). The standard InChI is InChI=1S/C14H27N3S/c1-13(2,3)12-16-9-11(18-12)8-15-10-14(4,5)17(6)7/h9,15H,8,10H2,1-7H3. The zero-order chi connectivity index (χ0) is 14.0. The van der Waals surface area contributed by atoms with E-state index in [1.807, 2.05) is 17.5 Å². The Morgan fingerprint density at radius 3 is 2.28 bits per heavy atom. The molecule has 1 N–H and O–H groups in total. The molecule has 0 aliphatic heterocycles. The van der Waals surface area contributed by atoms with E-state index in [1.165, 1.54) is 9.88 Å². The summed E-state index contributed by atoms with van der Waals surface area (Å²) in [6, 6.07) is 0. The van der Waals surface area contributed by atoms with Crippen LogP contribution in [0.25, 0.3) is 0 Å². The molecule has 0 fully saturated rings. The van der Waals surface area contributed by atoms with Gasteiger partial charge in [0.2, 0.25) is 0 Å². The van der Waals surface area contributed by atoms with Crippen molar-refractivity contribution in [2.75, 3.05) is 20.6 Å². The van der Waals surface area contributed by atoms with Gasteiger partial charge in [0.15, 0.2) is 0 Å². The summed E-state index contributed by atoms with van der Waals surface area (Å²) >= 11 is 1.81. The molecule has 0 aliphatic carbocycles. The zero-order valence-electron chi connectivity index (χ0n) is 12.8. The van der Waals surface area contributed by atoms with Gasteiger partial charge in [-0.3, -0.25) is 0 Å². The molecule has 1 aromatic heterocycles. The van der Waals surface area contributed by atoms with Crippen LogP contribution < -0.4 is 5.32 Å². The van der Waals surface area contributed by atoms with Crippen molar-refractivity contribution in [3.8, 4) is 0 Å². The quantitative estimate of drug-likeness (QED) is 0.891. The number of likely N-dealkylation sites (N-methyl/N-ethyl adjacent to an activating group) is 1. The van der Waals surface area contributed by atoms with Gasteiger partial charge in [0.1, 0.15) is 0 Å².